The fourth-order valence-corrected chi connectivity index (χ4v) is 2.29. The summed E-state index contributed by atoms with van der Waals surface area (Å²) in [5.41, 5.74) is 2.71. The van der Waals surface area contributed by atoms with Gasteiger partial charge in [0.05, 0.1) is 6.54 Å². The van der Waals surface area contributed by atoms with Gasteiger partial charge in [-0.05, 0) is 32.8 Å². The molecule has 0 aliphatic carbocycles. The number of benzene rings is 1. The second-order valence-corrected chi connectivity index (χ2v) is 5.69. The number of rotatable bonds is 2. The predicted molar refractivity (Wildman–Crippen MR) is 69.9 cm³/mol. The van der Waals surface area contributed by atoms with Crippen molar-refractivity contribution < 1.29 is 4.79 Å². The summed E-state index contributed by atoms with van der Waals surface area (Å²) in [4.78, 5) is 13.9. The highest BCUT2D eigenvalue weighted by molar-refractivity contribution is 5.81. The van der Waals surface area contributed by atoms with E-state index in [1.165, 1.54) is 11.1 Å². The van der Waals surface area contributed by atoms with E-state index in [0.29, 0.717) is 12.3 Å². The third-order valence-corrected chi connectivity index (χ3v) is 3.73. The van der Waals surface area contributed by atoms with E-state index in [1.54, 1.807) is 0 Å². The number of carbonyl (C=O) groups is 1. The van der Waals surface area contributed by atoms with E-state index in [0.717, 1.165) is 19.4 Å². The van der Waals surface area contributed by atoms with Crippen molar-refractivity contribution in [1.29, 1.82) is 0 Å². The average molecular weight is 231 g/mol. The molecule has 0 aromatic heterocycles. The molecule has 0 atom stereocenters. The number of hydrogen-bond acceptors (Lipinski definition) is 2. The monoisotopic (exact) mass is 231 g/mol. The number of nitrogens with zero attached hydrogens (tertiary/aromatic N) is 1. The van der Waals surface area contributed by atoms with Crippen LogP contribution in [0.3, 0.4) is 0 Å². The van der Waals surface area contributed by atoms with Crippen molar-refractivity contribution in [1.82, 2.24) is 4.90 Å². The molecule has 0 spiro atoms. The maximum atomic E-state index is 11.6. The van der Waals surface area contributed by atoms with Crippen LogP contribution in [0.4, 0.5) is 0 Å². The van der Waals surface area contributed by atoms with Crippen molar-refractivity contribution in [3.8, 4) is 0 Å². The second kappa shape index (κ2) is 4.61. The van der Waals surface area contributed by atoms with Crippen molar-refractivity contribution in [2.45, 2.75) is 45.7 Å². The van der Waals surface area contributed by atoms with Crippen molar-refractivity contribution in [3.63, 3.8) is 0 Å². The highest BCUT2D eigenvalue weighted by atomic mass is 16.1. The molecular formula is C15H21NO. The lowest BCUT2D eigenvalue weighted by molar-refractivity contribution is -0.126. The SMILES string of the molecule is Cc1ccc(CN2CC(=O)CCC2(C)C)cc1. The van der Waals surface area contributed by atoms with E-state index >= 15 is 0 Å². The van der Waals surface area contributed by atoms with Gasteiger partial charge in [-0.15, -0.1) is 0 Å². The molecule has 17 heavy (non-hydrogen) atoms. The van der Waals surface area contributed by atoms with E-state index in [4.69, 9.17) is 0 Å². The van der Waals surface area contributed by atoms with Crippen LogP contribution in [0.2, 0.25) is 0 Å². The van der Waals surface area contributed by atoms with Crippen LogP contribution in [0.1, 0.15) is 37.8 Å². The summed E-state index contributed by atoms with van der Waals surface area (Å²) in [7, 11) is 0. The summed E-state index contributed by atoms with van der Waals surface area (Å²) in [5.74, 6) is 0.372. The summed E-state index contributed by atoms with van der Waals surface area (Å²) >= 11 is 0. The highest BCUT2D eigenvalue weighted by Crippen LogP contribution is 2.27. The van der Waals surface area contributed by atoms with E-state index < -0.39 is 0 Å². The third kappa shape index (κ3) is 2.95. The molecule has 1 aliphatic heterocycles. The standard InChI is InChI=1S/C15H21NO/c1-12-4-6-13(7-5-12)10-16-11-14(17)8-9-15(16,2)3/h4-7H,8-11H2,1-3H3. The van der Waals surface area contributed by atoms with Crippen molar-refractivity contribution in [2.24, 2.45) is 0 Å². The minimum Gasteiger partial charge on any atom is -0.298 e. The molecule has 0 bridgehead atoms. The molecule has 1 aliphatic rings. The predicted octanol–water partition coefficient (Wildman–Crippen LogP) is 2.94. The summed E-state index contributed by atoms with van der Waals surface area (Å²) in [6.45, 7) is 8.03. The molecule has 0 unspecified atom stereocenters. The molecule has 92 valence electrons. The Morgan fingerprint density at radius 2 is 1.88 bits per heavy atom. The zero-order chi connectivity index (χ0) is 12.5. The molecule has 2 heteroatoms. The number of hydrogen-bond donors (Lipinski definition) is 0. The molecule has 0 amide bonds. The van der Waals surface area contributed by atoms with Gasteiger partial charge in [0.15, 0.2) is 0 Å². The lowest BCUT2D eigenvalue weighted by Crippen LogP contribution is -2.50. The molecular weight excluding hydrogens is 210 g/mol. The maximum Gasteiger partial charge on any atom is 0.146 e. The number of ketones is 1. The Labute approximate surface area is 104 Å². The van der Waals surface area contributed by atoms with Crippen LogP contribution in [0.5, 0.6) is 0 Å². The Morgan fingerprint density at radius 1 is 1.24 bits per heavy atom. The first-order valence-corrected chi connectivity index (χ1v) is 6.30. The van der Waals surface area contributed by atoms with Crippen molar-refractivity contribution >= 4 is 5.78 Å². The Kier molecular flexibility index (Phi) is 3.34. The zero-order valence-electron chi connectivity index (χ0n) is 11.0. The normalized spacial score (nSPS) is 20.5. The van der Waals surface area contributed by atoms with Gasteiger partial charge in [-0.2, -0.15) is 0 Å². The minimum absolute atomic E-state index is 0.138. The van der Waals surface area contributed by atoms with Gasteiger partial charge in [-0.25, -0.2) is 0 Å². The van der Waals surface area contributed by atoms with Crippen LogP contribution >= 0.6 is 0 Å². The van der Waals surface area contributed by atoms with Crippen molar-refractivity contribution in [3.05, 3.63) is 35.4 Å². The summed E-state index contributed by atoms with van der Waals surface area (Å²) in [6, 6.07) is 8.58. The smallest absolute Gasteiger partial charge is 0.146 e. The van der Waals surface area contributed by atoms with E-state index in [9.17, 15) is 4.79 Å². The first-order valence-electron chi connectivity index (χ1n) is 6.30. The lowest BCUT2D eigenvalue weighted by atomic mass is 9.89. The molecule has 1 aromatic carbocycles. The van der Waals surface area contributed by atoms with Gasteiger partial charge in [-0.3, -0.25) is 9.69 Å². The summed E-state index contributed by atoms with van der Waals surface area (Å²) in [6.07, 6.45) is 1.70. The summed E-state index contributed by atoms with van der Waals surface area (Å²) < 4.78 is 0. The first-order chi connectivity index (χ1) is 7.97. The maximum absolute atomic E-state index is 11.6. The van der Waals surface area contributed by atoms with E-state index in [1.807, 2.05) is 0 Å². The summed E-state index contributed by atoms with van der Waals surface area (Å²) in [5, 5.41) is 0. The molecule has 2 rings (SSSR count). The Hall–Kier alpha value is -1.15. The molecule has 0 N–H and O–H groups in total. The topological polar surface area (TPSA) is 20.3 Å². The van der Waals surface area contributed by atoms with Gasteiger partial charge in [0.2, 0.25) is 0 Å². The zero-order valence-corrected chi connectivity index (χ0v) is 11.0. The Balaban J connectivity index is 2.10. The van der Waals surface area contributed by atoms with Crippen LogP contribution < -0.4 is 0 Å². The highest BCUT2D eigenvalue weighted by Gasteiger charge is 2.32. The van der Waals surface area contributed by atoms with Crippen molar-refractivity contribution in [2.75, 3.05) is 6.54 Å². The number of carbonyl (C=O) groups excluding carboxylic acids is 1. The number of likely N-dealkylation sites (tertiary alicyclic amines) is 1. The van der Waals surface area contributed by atoms with Gasteiger partial charge in [-0.1, -0.05) is 29.8 Å². The molecule has 1 heterocycles. The van der Waals surface area contributed by atoms with Gasteiger partial charge < -0.3 is 0 Å². The van der Waals surface area contributed by atoms with Crippen LogP contribution in [-0.2, 0) is 11.3 Å². The third-order valence-electron chi connectivity index (χ3n) is 3.73. The average Bonchev–Trinajstić information content (AvgIpc) is 2.27. The van der Waals surface area contributed by atoms with Crippen LogP contribution in [0.15, 0.2) is 24.3 Å². The van der Waals surface area contributed by atoms with Crippen LogP contribution in [0.25, 0.3) is 0 Å². The molecule has 0 radical (unpaired) electrons. The number of piperidine rings is 1. The fourth-order valence-electron chi connectivity index (χ4n) is 2.29. The largest absolute Gasteiger partial charge is 0.298 e. The second-order valence-electron chi connectivity index (χ2n) is 5.69. The lowest BCUT2D eigenvalue weighted by Gasteiger charge is -2.41. The van der Waals surface area contributed by atoms with E-state index in [-0.39, 0.29) is 5.54 Å². The molecule has 1 aromatic rings. The molecule has 0 saturated carbocycles. The van der Waals surface area contributed by atoms with Crippen LogP contribution in [0, 0.1) is 6.92 Å². The van der Waals surface area contributed by atoms with Gasteiger partial charge in [0.1, 0.15) is 5.78 Å². The molecule has 1 saturated heterocycles. The van der Waals surface area contributed by atoms with Crippen LogP contribution in [-0.4, -0.2) is 22.8 Å². The van der Waals surface area contributed by atoms with Gasteiger partial charge in [0.25, 0.3) is 0 Å². The molecule has 1 fully saturated rings. The first kappa shape index (κ1) is 12.3. The number of Topliss-reactive ketones (excluding diaryl/α,β-unsaturated/α-hetero) is 1. The van der Waals surface area contributed by atoms with E-state index in [2.05, 4.69) is 49.9 Å². The Bertz CT molecular complexity index is 405. The van der Waals surface area contributed by atoms with Gasteiger partial charge in [0, 0.05) is 18.5 Å². The van der Waals surface area contributed by atoms with Gasteiger partial charge >= 0.3 is 0 Å². The Morgan fingerprint density at radius 3 is 2.53 bits per heavy atom. The quantitative estimate of drug-likeness (QED) is 0.780. The number of aryl methyl sites for hydroxylation is 1. The minimum atomic E-state index is 0.138. The molecule has 2 nitrogen and oxygen atoms in total. The fraction of sp³-hybridized carbons (Fsp3) is 0.533.